The molecule has 0 spiro atoms. The van der Waals surface area contributed by atoms with E-state index < -0.39 is 0 Å². The van der Waals surface area contributed by atoms with E-state index >= 15 is 0 Å². The van der Waals surface area contributed by atoms with Crippen molar-refractivity contribution in [1.29, 1.82) is 0 Å². The van der Waals surface area contributed by atoms with Gasteiger partial charge < -0.3 is 9.64 Å². The first-order valence-corrected chi connectivity index (χ1v) is 9.77. The number of pyridine rings is 1. The summed E-state index contributed by atoms with van der Waals surface area (Å²) in [5.41, 5.74) is 1.20. The van der Waals surface area contributed by atoms with Crippen molar-refractivity contribution in [2.24, 2.45) is 5.92 Å². The summed E-state index contributed by atoms with van der Waals surface area (Å²) < 4.78 is 5.79. The highest BCUT2D eigenvalue weighted by Crippen LogP contribution is 2.25. The number of rotatable bonds is 5. The third kappa shape index (κ3) is 4.51. The van der Waals surface area contributed by atoms with Gasteiger partial charge in [-0.2, -0.15) is 0 Å². The molecule has 1 aromatic heterocycles. The third-order valence-corrected chi connectivity index (χ3v) is 5.11. The fourth-order valence-corrected chi connectivity index (χ4v) is 3.60. The molecule has 1 atom stereocenters. The van der Waals surface area contributed by atoms with Gasteiger partial charge in [0.1, 0.15) is 11.5 Å². The van der Waals surface area contributed by atoms with Crippen molar-refractivity contribution < 1.29 is 14.3 Å². The summed E-state index contributed by atoms with van der Waals surface area (Å²) in [6.07, 6.45) is 4.82. The van der Waals surface area contributed by atoms with E-state index in [1.165, 1.54) is 0 Å². The van der Waals surface area contributed by atoms with Gasteiger partial charge in [0.25, 0.3) is 5.91 Å². The number of amides is 1. The highest BCUT2D eigenvalue weighted by atomic mass is 16.5. The van der Waals surface area contributed by atoms with E-state index in [2.05, 4.69) is 4.98 Å². The van der Waals surface area contributed by atoms with Crippen LogP contribution in [0.15, 0.2) is 79.1 Å². The van der Waals surface area contributed by atoms with Crippen LogP contribution in [0.2, 0.25) is 0 Å². The Morgan fingerprint density at radius 1 is 0.897 bits per heavy atom. The smallest absolute Gasteiger partial charge is 0.255 e. The Morgan fingerprint density at radius 3 is 2.38 bits per heavy atom. The van der Waals surface area contributed by atoms with Gasteiger partial charge in [-0.15, -0.1) is 0 Å². The lowest BCUT2D eigenvalue weighted by Crippen LogP contribution is -2.42. The van der Waals surface area contributed by atoms with Gasteiger partial charge in [0.05, 0.1) is 5.56 Å². The van der Waals surface area contributed by atoms with Crippen LogP contribution < -0.4 is 4.74 Å². The highest BCUT2D eigenvalue weighted by Gasteiger charge is 2.29. The number of piperidine rings is 1. The van der Waals surface area contributed by atoms with Crippen molar-refractivity contribution in [3.63, 3.8) is 0 Å². The summed E-state index contributed by atoms with van der Waals surface area (Å²) >= 11 is 0. The molecule has 3 aromatic rings. The minimum atomic E-state index is -0.190. The van der Waals surface area contributed by atoms with Crippen molar-refractivity contribution in [2.75, 3.05) is 13.1 Å². The topological polar surface area (TPSA) is 59.5 Å². The Morgan fingerprint density at radius 2 is 1.66 bits per heavy atom. The van der Waals surface area contributed by atoms with Crippen LogP contribution in [0, 0.1) is 5.92 Å². The van der Waals surface area contributed by atoms with E-state index in [-0.39, 0.29) is 17.6 Å². The first-order chi connectivity index (χ1) is 14.2. The minimum Gasteiger partial charge on any atom is -0.457 e. The molecule has 1 saturated heterocycles. The SMILES string of the molecule is O=C(c1ccc(Oc2ccccc2)cc1)[C@@H]1CCCN(C(=O)c2cccnc2)C1. The lowest BCUT2D eigenvalue weighted by molar-refractivity contribution is 0.0636. The van der Waals surface area contributed by atoms with Gasteiger partial charge in [-0.1, -0.05) is 18.2 Å². The van der Waals surface area contributed by atoms with Crippen LogP contribution in [0.3, 0.4) is 0 Å². The summed E-state index contributed by atoms with van der Waals surface area (Å²) in [6, 6.07) is 20.2. The molecule has 0 bridgehead atoms. The highest BCUT2D eigenvalue weighted by molar-refractivity contribution is 5.99. The zero-order valence-electron chi connectivity index (χ0n) is 16.0. The van der Waals surface area contributed by atoms with Crippen LogP contribution in [-0.2, 0) is 0 Å². The number of likely N-dealkylation sites (tertiary alicyclic amines) is 1. The number of carbonyl (C=O) groups excluding carboxylic acids is 2. The minimum absolute atomic E-state index is 0.0674. The van der Waals surface area contributed by atoms with Crippen molar-refractivity contribution in [2.45, 2.75) is 12.8 Å². The third-order valence-electron chi connectivity index (χ3n) is 5.11. The van der Waals surface area contributed by atoms with Gasteiger partial charge in [0, 0.05) is 37.0 Å². The molecule has 146 valence electrons. The van der Waals surface area contributed by atoms with Gasteiger partial charge in [-0.05, 0) is 61.4 Å². The van der Waals surface area contributed by atoms with Crippen LogP contribution in [0.25, 0.3) is 0 Å². The molecule has 0 aliphatic carbocycles. The van der Waals surface area contributed by atoms with Crippen LogP contribution in [0.5, 0.6) is 11.5 Å². The predicted octanol–water partition coefficient (Wildman–Crippen LogP) is 4.61. The maximum atomic E-state index is 13.0. The van der Waals surface area contributed by atoms with Crippen molar-refractivity contribution in [3.05, 3.63) is 90.3 Å². The maximum Gasteiger partial charge on any atom is 0.255 e. The molecule has 0 N–H and O–H groups in total. The molecule has 2 aromatic carbocycles. The first kappa shape index (κ1) is 18.9. The number of ketones is 1. The fourth-order valence-electron chi connectivity index (χ4n) is 3.60. The Kier molecular flexibility index (Phi) is 5.66. The molecule has 2 heterocycles. The number of para-hydroxylation sites is 1. The second-order valence-electron chi connectivity index (χ2n) is 7.14. The van der Waals surface area contributed by atoms with E-state index in [0.29, 0.717) is 30.0 Å². The van der Waals surface area contributed by atoms with Crippen LogP contribution in [0.4, 0.5) is 0 Å². The normalized spacial score (nSPS) is 16.3. The molecule has 29 heavy (non-hydrogen) atoms. The monoisotopic (exact) mass is 386 g/mol. The number of Topliss-reactive ketones (excluding diaryl/α,β-unsaturated/α-hetero) is 1. The number of aromatic nitrogens is 1. The van der Waals surface area contributed by atoms with Crippen molar-refractivity contribution >= 4 is 11.7 Å². The molecule has 5 nitrogen and oxygen atoms in total. The second-order valence-corrected chi connectivity index (χ2v) is 7.14. The van der Waals surface area contributed by atoms with Gasteiger partial charge in [-0.25, -0.2) is 0 Å². The number of benzene rings is 2. The Labute approximate surface area is 170 Å². The molecule has 1 aliphatic rings. The van der Waals surface area contributed by atoms with Gasteiger partial charge in [0.15, 0.2) is 5.78 Å². The van der Waals surface area contributed by atoms with E-state index in [0.717, 1.165) is 18.6 Å². The summed E-state index contributed by atoms with van der Waals surface area (Å²) in [4.78, 5) is 31.4. The first-order valence-electron chi connectivity index (χ1n) is 9.77. The molecule has 1 aliphatic heterocycles. The van der Waals surface area contributed by atoms with Crippen LogP contribution in [-0.4, -0.2) is 34.7 Å². The molecular weight excluding hydrogens is 364 g/mol. The summed E-state index contributed by atoms with van der Waals surface area (Å²) in [6.45, 7) is 1.11. The van der Waals surface area contributed by atoms with Gasteiger partial charge in [-0.3, -0.25) is 14.6 Å². The van der Waals surface area contributed by atoms with E-state index in [9.17, 15) is 9.59 Å². The molecular formula is C24H22N2O3. The number of hydrogen-bond acceptors (Lipinski definition) is 4. The average Bonchev–Trinajstić information content (AvgIpc) is 2.80. The zero-order valence-corrected chi connectivity index (χ0v) is 16.0. The maximum absolute atomic E-state index is 13.0. The largest absolute Gasteiger partial charge is 0.457 e. The predicted molar refractivity (Wildman–Crippen MR) is 110 cm³/mol. The quantitative estimate of drug-likeness (QED) is 0.601. The average molecular weight is 386 g/mol. The van der Waals surface area contributed by atoms with Gasteiger partial charge in [0.2, 0.25) is 0 Å². The lowest BCUT2D eigenvalue weighted by Gasteiger charge is -2.32. The number of ether oxygens (including phenoxy) is 1. The van der Waals surface area contributed by atoms with E-state index in [1.54, 1.807) is 41.6 Å². The molecule has 0 unspecified atom stereocenters. The molecule has 0 saturated carbocycles. The summed E-state index contributed by atoms with van der Waals surface area (Å²) in [5, 5.41) is 0. The molecule has 1 fully saturated rings. The second kappa shape index (κ2) is 8.69. The number of hydrogen-bond donors (Lipinski definition) is 0. The molecule has 0 radical (unpaired) electrons. The number of nitrogens with zero attached hydrogens (tertiary/aromatic N) is 2. The summed E-state index contributed by atoms with van der Waals surface area (Å²) in [5.74, 6) is 1.25. The Balaban J connectivity index is 1.41. The lowest BCUT2D eigenvalue weighted by atomic mass is 9.89. The Hall–Kier alpha value is -3.47. The fraction of sp³-hybridized carbons (Fsp3) is 0.208. The van der Waals surface area contributed by atoms with Crippen LogP contribution in [0.1, 0.15) is 33.6 Å². The number of carbonyl (C=O) groups is 2. The van der Waals surface area contributed by atoms with Gasteiger partial charge >= 0.3 is 0 Å². The molecule has 4 rings (SSSR count). The van der Waals surface area contributed by atoms with Crippen molar-refractivity contribution in [1.82, 2.24) is 9.88 Å². The van der Waals surface area contributed by atoms with Crippen molar-refractivity contribution in [3.8, 4) is 11.5 Å². The standard InChI is InChI=1S/C24H22N2O3/c27-23(18-10-12-22(13-11-18)29-21-8-2-1-3-9-21)20-7-5-15-26(17-20)24(28)19-6-4-14-25-16-19/h1-4,6,8-14,16,20H,5,7,15,17H2/t20-/m1/s1. The van der Waals surface area contributed by atoms with Crippen LogP contribution >= 0.6 is 0 Å². The van der Waals surface area contributed by atoms with E-state index in [4.69, 9.17) is 4.74 Å². The zero-order chi connectivity index (χ0) is 20.1. The Bertz CT molecular complexity index is 972. The molecule has 1 amide bonds. The summed E-state index contributed by atoms with van der Waals surface area (Å²) in [7, 11) is 0. The molecule has 5 heteroatoms. The van der Waals surface area contributed by atoms with E-state index in [1.807, 2.05) is 42.5 Å².